The van der Waals surface area contributed by atoms with Crippen molar-refractivity contribution in [1.29, 1.82) is 0 Å². The number of halogens is 2. The molecule has 0 radical (unpaired) electrons. The van der Waals surface area contributed by atoms with Crippen LogP contribution in [0.15, 0.2) is 77.7 Å². The van der Waals surface area contributed by atoms with Crippen molar-refractivity contribution in [1.82, 2.24) is 9.88 Å². The molecule has 2 aromatic heterocycles. The van der Waals surface area contributed by atoms with Gasteiger partial charge >= 0.3 is 0 Å². The average molecular weight is 643 g/mol. The Morgan fingerprint density at radius 1 is 1.02 bits per heavy atom. The van der Waals surface area contributed by atoms with E-state index >= 15 is 0 Å². The van der Waals surface area contributed by atoms with Crippen LogP contribution in [0.3, 0.4) is 0 Å². The van der Waals surface area contributed by atoms with E-state index < -0.39 is 15.8 Å². The molecule has 0 atom stereocenters. The molecule has 3 aromatic carbocycles. The van der Waals surface area contributed by atoms with Crippen LogP contribution in [0.1, 0.15) is 34.1 Å². The van der Waals surface area contributed by atoms with Gasteiger partial charge in [-0.25, -0.2) is 17.8 Å². The predicted octanol–water partition coefficient (Wildman–Crippen LogP) is 7.41. The number of para-hydroxylation sites is 1. The summed E-state index contributed by atoms with van der Waals surface area (Å²) in [6, 6.07) is 18.8. The number of carbonyl (C=O) groups excluding carboxylic acids is 1. The Morgan fingerprint density at radius 2 is 1.76 bits per heavy atom. The number of carbonyl (C=O) groups is 1. The second-order valence-corrected chi connectivity index (χ2v) is 13.6. The first-order chi connectivity index (χ1) is 19.8. The number of hydrogen-bond donors (Lipinski definition) is 2. The highest BCUT2D eigenvalue weighted by Crippen LogP contribution is 2.45. The van der Waals surface area contributed by atoms with Gasteiger partial charge in [-0.1, -0.05) is 19.1 Å². The number of amides is 1. The van der Waals surface area contributed by atoms with E-state index in [0.717, 1.165) is 70.4 Å². The van der Waals surface area contributed by atoms with E-state index in [4.69, 9.17) is 4.98 Å². The summed E-state index contributed by atoms with van der Waals surface area (Å²) in [6.45, 7) is 5.04. The average Bonchev–Trinajstić information content (AvgIpc) is 3.54. The minimum absolute atomic E-state index is 0. The van der Waals surface area contributed by atoms with Gasteiger partial charge in [0.2, 0.25) is 0 Å². The zero-order valence-electron chi connectivity index (χ0n) is 22.6. The molecule has 0 unspecified atom stereocenters. The fraction of sp³-hybridized carbons (Fsp3) is 0.200. The van der Waals surface area contributed by atoms with Gasteiger partial charge in [-0.2, -0.15) is 0 Å². The molecule has 218 valence electrons. The van der Waals surface area contributed by atoms with Crippen molar-refractivity contribution in [2.45, 2.75) is 31.2 Å². The maximum absolute atomic E-state index is 13.4. The molecular formula is C30H28ClFN4O3S3. The molecule has 0 spiro atoms. The molecule has 1 aliphatic rings. The number of fused-ring (bicyclic) bond motifs is 2. The van der Waals surface area contributed by atoms with Gasteiger partial charge in [-0.05, 0) is 85.6 Å². The van der Waals surface area contributed by atoms with Crippen LogP contribution >= 0.6 is 35.1 Å². The van der Waals surface area contributed by atoms with Crippen molar-refractivity contribution < 1.29 is 17.6 Å². The minimum Gasteiger partial charge on any atom is -0.313 e. The monoisotopic (exact) mass is 642 g/mol. The van der Waals surface area contributed by atoms with Crippen molar-refractivity contribution in [3.8, 4) is 10.6 Å². The van der Waals surface area contributed by atoms with Gasteiger partial charge in [0.25, 0.3) is 15.9 Å². The number of thiophene rings is 1. The molecule has 0 aliphatic carbocycles. The highest BCUT2D eigenvalue weighted by Gasteiger charge is 2.28. The molecule has 42 heavy (non-hydrogen) atoms. The van der Waals surface area contributed by atoms with Crippen LogP contribution in [0.2, 0.25) is 0 Å². The van der Waals surface area contributed by atoms with Gasteiger partial charge in [0.05, 0.1) is 15.1 Å². The molecular weight excluding hydrogens is 615 g/mol. The Labute approximate surface area is 257 Å². The number of rotatable bonds is 8. The molecule has 6 rings (SSSR count). The highest BCUT2D eigenvalue weighted by atomic mass is 35.5. The van der Waals surface area contributed by atoms with E-state index in [9.17, 15) is 17.6 Å². The lowest BCUT2D eigenvalue weighted by molar-refractivity contribution is 0.102. The Balaban J connectivity index is 0.00000353. The number of hydrogen-bond acceptors (Lipinski definition) is 7. The zero-order valence-corrected chi connectivity index (χ0v) is 25.9. The Hall–Kier alpha value is -3.35. The number of sulfonamides is 1. The lowest BCUT2D eigenvalue weighted by Crippen LogP contribution is -2.30. The summed E-state index contributed by atoms with van der Waals surface area (Å²) in [5.74, 6) is -0.806. The summed E-state index contributed by atoms with van der Waals surface area (Å²) in [5, 5.41) is 4.80. The quantitative estimate of drug-likeness (QED) is 0.184. The first-order valence-electron chi connectivity index (χ1n) is 13.2. The molecule has 2 N–H and O–H groups in total. The standard InChI is InChI=1S/C30H27FN4O3S3.ClH/c1-2-16-35-17-15-23-26(18-35)40-30(27(23)29-32-24-5-3-4-6-25(24)39-29)33-28(36)19-7-11-21(12-8-19)34-41(37,38)22-13-9-20(31)10-14-22;/h3-14,34H,2,15-18H2,1H3,(H,33,36);1H. The van der Waals surface area contributed by atoms with Gasteiger partial charge in [-0.15, -0.1) is 35.1 Å². The summed E-state index contributed by atoms with van der Waals surface area (Å²) in [7, 11) is -3.90. The van der Waals surface area contributed by atoms with Crippen LogP contribution in [0.25, 0.3) is 20.8 Å². The van der Waals surface area contributed by atoms with Crippen LogP contribution < -0.4 is 10.0 Å². The summed E-state index contributed by atoms with van der Waals surface area (Å²) in [6.07, 6.45) is 1.99. The highest BCUT2D eigenvalue weighted by molar-refractivity contribution is 7.92. The lowest BCUT2D eigenvalue weighted by Gasteiger charge is -2.26. The van der Waals surface area contributed by atoms with Gasteiger partial charge in [-0.3, -0.25) is 14.4 Å². The number of nitrogens with zero attached hydrogens (tertiary/aromatic N) is 2. The van der Waals surface area contributed by atoms with Crippen LogP contribution in [0, 0.1) is 5.82 Å². The number of nitrogens with one attached hydrogen (secondary N) is 2. The number of thiazole rings is 1. The normalized spacial score (nSPS) is 13.4. The molecule has 3 heterocycles. The summed E-state index contributed by atoms with van der Waals surface area (Å²) >= 11 is 3.23. The number of anilines is 2. The van der Waals surface area contributed by atoms with Crippen molar-refractivity contribution in [2.75, 3.05) is 23.1 Å². The third-order valence-electron chi connectivity index (χ3n) is 6.93. The topological polar surface area (TPSA) is 91.4 Å². The van der Waals surface area contributed by atoms with Crippen LogP contribution in [0.4, 0.5) is 15.1 Å². The molecule has 5 aromatic rings. The molecule has 0 saturated carbocycles. The molecule has 12 heteroatoms. The van der Waals surface area contributed by atoms with Crippen molar-refractivity contribution in [3.05, 3.63) is 94.6 Å². The second kappa shape index (κ2) is 12.5. The minimum atomic E-state index is -3.90. The second-order valence-electron chi connectivity index (χ2n) is 9.81. The van der Waals surface area contributed by atoms with Crippen molar-refractivity contribution in [2.24, 2.45) is 0 Å². The SMILES string of the molecule is CCCN1CCc2c(sc(NC(=O)c3ccc(NS(=O)(=O)c4ccc(F)cc4)cc3)c2-c2nc3ccccc3s2)C1.Cl. The van der Waals surface area contributed by atoms with E-state index in [1.54, 1.807) is 34.8 Å². The molecule has 0 saturated heterocycles. The number of benzene rings is 3. The van der Waals surface area contributed by atoms with E-state index in [2.05, 4.69) is 27.9 Å². The largest absolute Gasteiger partial charge is 0.313 e. The third kappa shape index (κ3) is 6.20. The third-order valence-corrected chi connectivity index (χ3v) is 10.5. The first-order valence-corrected chi connectivity index (χ1v) is 16.3. The van der Waals surface area contributed by atoms with E-state index in [1.165, 1.54) is 34.7 Å². The van der Waals surface area contributed by atoms with Gasteiger partial charge in [0.1, 0.15) is 15.8 Å². The molecule has 1 amide bonds. The van der Waals surface area contributed by atoms with Gasteiger partial charge in [0.15, 0.2) is 0 Å². The zero-order chi connectivity index (χ0) is 28.6. The maximum atomic E-state index is 13.4. The maximum Gasteiger partial charge on any atom is 0.261 e. The van der Waals surface area contributed by atoms with E-state index in [0.29, 0.717) is 11.3 Å². The predicted molar refractivity (Wildman–Crippen MR) is 171 cm³/mol. The lowest BCUT2D eigenvalue weighted by atomic mass is 10.0. The fourth-order valence-electron chi connectivity index (χ4n) is 4.95. The molecule has 1 aliphatic heterocycles. The summed E-state index contributed by atoms with van der Waals surface area (Å²) in [5.41, 5.74) is 3.88. The van der Waals surface area contributed by atoms with Crippen LogP contribution in [-0.2, 0) is 23.0 Å². The fourth-order valence-corrected chi connectivity index (χ4v) is 8.40. The molecule has 7 nitrogen and oxygen atoms in total. The molecule has 0 fully saturated rings. The first kappa shape index (κ1) is 30.1. The Morgan fingerprint density at radius 3 is 2.48 bits per heavy atom. The summed E-state index contributed by atoms with van der Waals surface area (Å²) in [4.78, 5) is 21.9. The van der Waals surface area contributed by atoms with Crippen LogP contribution in [0.5, 0.6) is 0 Å². The van der Waals surface area contributed by atoms with Gasteiger partial charge in [0, 0.05) is 34.8 Å². The summed E-state index contributed by atoms with van der Waals surface area (Å²) < 4.78 is 42.1. The number of aromatic nitrogens is 1. The van der Waals surface area contributed by atoms with E-state index in [1.807, 2.05) is 18.2 Å². The van der Waals surface area contributed by atoms with Crippen LogP contribution in [-0.4, -0.2) is 37.3 Å². The van der Waals surface area contributed by atoms with Crippen molar-refractivity contribution in [3.63, 3.8) is 0 Å². The van der Waals surface area contributed by atoms with E-state index in [-0.39, 0.29) is 23.2 Å². The van der Waals surface area contributed by atoms with Gasteiger partial charge < -0.3 is 5.32 Å². The Kier molecular flexibility index (Phi) is 8.95. The van der Waals surface area contributed by atoms with Crippen molar-refractivity contribution >= 4 is 71.9 Å². The molecule has 0 bridgehead atoms. The smallest absolute Gasteiger partial charge is 0.261 e. The Bertz CT molecular complexity index is 1810.